The standard InChI is InChI=1S/C14H14F2N4/c15-10-3-8(4-11(16)6-10)5-13-18-12(9-1-2-9)7-14(19-13)20-17/h3-4,6-7,9H,1-2,5,17H2,(H,18,19,20). The highest BCUT2D eigenvalue weighted by Crippen LogP contribution is 2.39. The third kappa shape index (κ3) is 2.91. The van der Waals surface area contributed by atoms with E-state index in [0.29, 0.717) is 23.1 Å². The van der Waals surface area contributed by atoms with Gasteiger partial charge in [0.1, 0.15) is 23.3 Å². The first kappa shape index (κ1) is 12.9. The van der Waals surface area contributed by atoms with E-state index in [4.69, 9.17) is 5.84 Å². The molecule has 0 spiro atoms. The summed E-state index contributed by atoms with van der Waals surface area (Å²) in [6.07, 6.45) is 2.48. The Labute approximate surface area is 115 Å². The number of nitrogens with two attached hydrogens (primary N) is 1. The van der Waals surface area contributed by atoms with Crippen molar-refractivity contribution < 1.29 is 8.78 Å². The summed E-state index contributed by atoms with van der Waals surface area (Å²) >= 11 is 0. The van der Waals surface area contributed by atoms with E-state index in [0.717, 1.165) is 24.6 Å². The Balaban J connectivity index is 1.90. The fourth-order valence-corrected chi connectivity index (χ4v) is 2.15. The molecule has 0 unspecified atom stereocenters. The zero-order chi connectivity index (χ0) is 14.1. The second kappa shape index (κ2) is 5.13. The quantitative estimate of drug-likeness (QED) is 0.665. The van der Waals surface area contributed by atoms with Gasteiger partial charge in [-0.25, -0.2) is 24.6 Å². The molecule has 1 aromatic heterocycles. The van der Waals surface area contributed by atoms with Gasteiger partial charge in [-0.1, -0.05) is 0 Å². The first-order chi connectivity index (χ1) is 9.64. The molecule has 1 saturated carbocycles. The zero-order valence-electron chi connectivity index (χ0n) is 10.7. The molecule has 1 fully saturated rings. The van der Waals surface area contributed by atoms with Gasteiger partial charge in [-0.2, -0.15) is 0 Å². The summed E-state index contributed by atoms with van der Waals surface area (Å²) in [7, 11) is 0. The molecule has 2 aromatic rings. The number of aromatic nitrogens is 2. The maximum absolute atomic E-state index is 13.2. The van der Waals surface area contributed by atoms with Crippen molar-refractivity contribution >= 4 is 5.82 Å². The van der Waals surface area contributed by atoms with Gasteiger partial charge in [-0.15, -0.1) is 0 Å². The molecule has 3 N–H and O–H groups in total. The van der Waals surface area contributed by atoms with Gasteiger partial charge in [0.2, 0.25) is 0 Å². The molecule has 0 amide bonds. The third-order valence-corrected chi connectivity index (χ3v) is 3.22. The van der Waals surface area contributed by atoms with Crippen molar-refractivity contribution in [3.05, 3.63) is 53.0 Å². The van der Waals surface area contributed by atoms with Gasteiger partial charge in [-0.3, -0.25) is 0 Å². The minimum atomic E-state index is -0.601. The number of hydrogen-bond donors (Lipinski definition) is 2. The SMILES string of the molecule is NNc1cc(C2CC2)nc(Cc2cc(F)cc(F)c2)n1. The van der Waals surface area contributed by atoms with Gasteiger partial charge in [0.15, 0.2) is 0 Å². The fraction of sp³-hybridized carbons (Fsp3) is 0.286. The van der Waals surface area contributed by atoms with E-state index in [1.807, 2.05) is 6.07 Å². The van der Waals surface area contributed by atoms with Gasteiger partial charge in [0, 0.05) is 30.2 Å². The maximum Gasteiger partial charge on any atom is 0.143 e. The molecule has 1 heterocycles. The van der Waals surface area contributed by atoms with Crippen LogP contribution in [0.15, 0.2) is 24.3 Å². The highest BCUT2D eigenvalue weighted by atomic mass is 19.1. The van der Waals surface area contributed by atoms with E-state index < -0.39 is 11.6 Å². The Morgan fingerprint density at radius 1 is 1.10 bits per heavy atom. The van der Waals surface area contributed by atoms with E-state index in [1.165, 1.54) is 12.1 Å². The van der Waals surface area contributed by atoms with E-state index >= 15 is 0 Å². The summed E-state index contributed by atoms with van der Waals surface area (Å²) in [6.45, 7) is 0. The molecule has 0 atom stereocenters. The van der Waals surface area contributed by atoms with Crippen LogP contribution in [0.2, 0.25) is 0 Å². The highest BCUT2D eigenvalue weighted by Gasteiger charge is 2.26. The van der Waals surface area contributed by atoms with Crippen molar-refractivity contribution in [2.75, 3.05) is 5.43 Å². The number of rotatable bonds is 4. The second-order valence-corrected chi connectivity index (χ2v) is 4.97. The lowest BCUT2D eigenvalue weighted by Crippen LogP contribution is -2.12. The normalized spacial score (nSPS) is 14.3. The summed E-state index contributed by atoms with van der Waals surface area (Å²) in [6, 6.07) is 5.22. The highest BCUT2D eigenvalue weighted by molar-refractivity contribution is 5.37. The van der Waals surface area contributed by atoms with E-state index in [-0.39, 0.29) is 6.42 Å². The van der Waals surface area contributed by atoms with Crippen molar-refractivity contribution in [3.8, 4) is 0 Å². The van der Waals surface area contributed by atoms with Gasteiger partial charge in [0.05, 0.1) is 0 Å². The number of nitrogens with one attached hydrogen (secondary N) is 1. The smallest absolute Gasteiger partial charge is 0.143 e. The van der Waals surface area contributed by atoms with E-state index in [9.17, 15) is 8.78 Å². The molecule has 0 aliphatic heterocycles. The van der Waals surface area contributed by atoms with E-state index in [1.54, 1.807) is 0 Å². The molecule has 4 nitrogen and oxygen atoms in total. The van der Waals surface area contributed by atoms with Crippen molar-refractivity contribution in [3.63, 3.8) is 0 Å². The molecule has 20 heavy (non-hydrogen) atoms. The van der Waals surface area contributed by atoms with Crippen molar-refractivity contribution in [1.82, 2.24) is 9.97 Å². The summed E-state index contributed by atoms with van der Waals surface area (Å²) in [5.41, 5.74) is 3.93. The molecule has 1 aromatic carbocycles. The minimum absolute atomic E-state index is 0.268. The summed E-state index contributed by atoms with van der Waals surface area (Å²) < 4.78 is 26.4. The maximum atomic E-state index is 13.2. The number of hydrazine groups is 1. The van der Waals surface area contributed by atoms with Crippen LogP contribution in [0.4, 0.5) is 14.6 Å². The number of nitrogens with zero attached hydrogens (tertiary/aromatic N) is 2. The van der Waals surface area contributed by atoms with Crippen LogP contribution in [0, 0.1) is 11.6 Å². The Morgan fingerprint density at radius 3 is 2.40 bits per heavy atom. The van der Waals surface area contributed by atoms with Crippen molar-refractivity contribution in [2.24, 2.45) is 5.84 Å². The molecular formula is C14H14F2N4. The Kier molecular flexibility index (Phi) is 3.31. The molecule has 1 aliphatic carbocycles. The van der Waals surface area contributed by atoms with Crippen LogP contribution in [0.5, 0.6) is 0 Å². The molecular weight excluding hydrogens is 262 g/mol. The van der Waals surface area contributed by atoms with Crippen LogP contribution in [0.25, 0.3) is 0 Å². The molecule has 0 saturated heterocycles. The summed E-state index contributed by atoms with van der Waals surface area (Å²) in [4.78, 5) is 8.67. The van der Waals surface area contributed by atoms with Crippen LogP contribution in [0.1, 0.15) is 35.8 Å². The average Bonchev–Trinajstić information content (AvgIpc) is 3.21. The molecule has 0 bridgehead atoms. The molecule has 6 heteroatoms. The number of benzene rings is 1. The Hall–Kier alpha value is -2.08. The van der Waals surface area contributed by atoms with Gasteiger partial charge in [-0.05, 0) is 30.5 Å². The van der Waals surface area contributed by atoms with Crippen LogP contribution in [-0.4, -0.2) is 9.97 Å². The van der Waals surface area contributed by atoms with Crippen LogP contribution in [-0.2, 0) is 6.42 Å². The number of hydrogen-bond acceptors (Lipinski definition) is 4. The lowest BCUT2D eigenvalue weighted by molar-refractivity contribution is 0.580. The second-order valence-electron chi connectivity index (χ2n) is 4.97. The predicted molar refractivity (Wildman–Crippen MR) is 71.0 cm³/mol. The first-order valence-electron chi connectivity index (χ1n) is 6.43. The van der Waals surface area contributed by atoms with Gasteiger partial charge < -0.3 is 5.43 Å². The Bertz CT molecular complexity index is 621. The minimum Gasteiger partial charge on any atom is -0.308 e. The molecule has 3 rings (SSSR count). The molecule has 1 aliphatic rings. The van der Waals surface area contributed by atoms with Crippen LogP contribution < -0.4 is 11.3 Å². The number of halogens is 2. The third-order valence-electron chi connectivity index (χ3n) is 3.22. The van der Waals surface area contributed by atoms with E-state index in [2.05, 4.69) is 15.4 Å². The largest absolute Gasteiger partial charge is 0.308 e. The fourth-order valence-electron chi connectivity index (χ4n) is 2.15. The van der Waals surface area contributed by atoms with Crippen molar-refractivity contribution in [1.29, 1.82) is 0 Å². The molecule has 0 radical (unpaired) electrons. The summed E-state index contributed by atoms with van der Waals surface area (Å²) in [5.74, 6) is 5.67. The zero-order valence-corrected chi connectivity index (χ0v) is 10.7. The lowest BCUT2D eigenvalue weighted by Gasteiger charge is -2.07. The monoisotopic (exact) mass is 276 g/mol. The summed E-state index contributed by atoms with van der Waals surface area (Å²) in [5, 5.41) is 0. The number of nitrogen functional groups attached to an aromatic ring is 1. The average molecular weight is 276 g/mol. The Morgan fingerprint density at radius 2 is 1.80 bits per heavy atom. The predicted octanol–water partition coefficient (Wildman–Crippen LogP) is 2.51. The van der Waals surface area contributed by atoms with Crippen molar-refractivity contribution in [2.45, 2.75) is 25.2 Å². The van der Waals surface area contributed by atoms with Gasteiger partial charge in [0.25, 0.3) is 0 Å². The topological polar surface area (TPSA) is 63.8 Å². The first-order valence-corrected chi connectivity index (χ1v) is 6.43. The number of anilines is 1. The lowest BCUT2D eigenvalue weighted by atomic mass is 10.1. The van der Waals surface area contributed by atoms with Gasteiger partial charge >= 0.3 is 0 Å². The molecule has 104 valence electrons. The van der Waals surface area contributed by atoms with Crippen LogP contribution >= 0.6 is 0 Å². The van der Waals surface area contributed by atoms with Crippen LogP contribution in [0.3, 0.4) is 0 Å².